The van der Waals surface area contributed by atoms with E-state index in [1.54, 1.807) is 0 Å². The molecule has 0 amide bonds. The number of H-pyrrole nitrogens is 1. The third-order valence-electron chi connectivity index (χ3n) is 4.50. The van der Waals surface area contributed by atoms with Crippen molar-refractivity contribution in [2.24, 2.45) is 10.7 Å². The molecule has 2 aliphatic rings. The molecule has 0 spiro atoms. The van der Waals surface area contributed by atoms with Crippen LogP contribution in [0.5, 0.6) is 0 Å². The number of nitriles is 1. The van der Waals surface area contributed by atoms with Crippen LogP contribution in [0.3, 0.4) is 0 Å². The second kappa shape index (κ2) is 7.45. The molecule has 0 unspecified atom stereocenters. The van der Waals surface area contributed by atoms with Gasteiger partial charge in [-0.05, 0) is 12.8 Å². The predicted molar refractivity (Wildman–Crippen MR) is 92.4 cm³/mol. The van der Waals surface area contributed by atoms with Gasteiger partial charge in [-0.1, -0.05) is 0 Å². The van der Waals surface area contributed by atoms with Crippen LogP contribution in [0.1, 0.15) is 37.3 Å². The number of aliphatic imine (C=N–C) groups is 1. The van der Waals surface area contributed by atoms with Gasteiger partial charge in [-0.2, -0.15) is 10.4 Å². The number of nitrogens with zero attached hydrogens (tertiary/aromatic N) is 5. The molecule has 1 aliphatic carbocycles. The normalized spacial score (nSPS) is 19.3. The Balaban J connectivity index is 1.47. The first-order valence-electron chi connectivity index (χ1n) is 8.45. The first-order chi connectivity index (χ1) is 11.7. The van der Waals surface area contributed by atoms with Crippen LogP contribution in [0.4, 0.5) is 5.82 Å². The summed E-state index contributed by atoms with van der Waals surface area (Å²) < 4.78 is 0. The Morgan fingerprint density at radius 1 is 1.42 bits per heavy atom. The largest absolute Gasteiger partial charge is 0.387 e. The van der Waals surface area contributed by atoms with Crippen molar-refractivity contribution in [3.05, 3.63) is 11.8 Å². The van der Waals surface area contributed by atoms with Gasteiger partial charge < -0.3 is 10.6 Å². The molecule has 2 fully saturated rings. The number of nitrogens with one attached hydrogen (secondary N) is 2. The molecule has 1 saturated carbocycles. The highest BCUT2D eigenvalue weighted by molar-refractivity contribution is 6.01. The van der Waals surface area contributed by atoms with Crippen molar-refractivity contribution in [3.63, 3.8) is 0 Å². The Morgan fingerprint density at radius 3 is 2.83 bits per heavy atom. The number of hydrogen-bond donors (Lipinski definition) is 3. The standard InChI is InChI=1S/C16H24N8/c17-4-1-5-23-6-8-24(9-7-23)15(19)11-14(18)20-16-10-13(21-22-16)12-2-3-12/h10,12,19H,1-3,5-9,11H2,(H3,18,20,21,22). The molecule has 8 nitrogen and oxygen atoms in total. The molecular weight excluding hydrogens is 304 g/mol. The van der Waals surface area contributed by atoms with Gasteiger partial charge in [0.25, 0.3) is 0 Å². The van der Waals surface area contributed by atoms with Crippen LogP contribution >= 0.6 is 0 Å². The zero-order valence-electron chi connectivity index (χ0n) is 13.8. The molecular formula is C16H24N8. The van der Waals surface area contributed by atoms with Gasteiger partial charge in [0.15, 0.2) is 5.82 Å². The number of piperazine rings is 1. The van der Waals surface area contributed by atoms with Gasteiger partial charge in [-0.3, -0.25) is 15.4 Å². The average molecular weight is 328 g/mol. The van der Waals surface area contributed by atoms with Gasteiger partial charge in [0.05, 0.1) is 12.5 Å². The van der Waals surface area contributed by atoms with Crippen LogP contribution in [-0.4, -0.2) is 64.4 Å². The van der Waals surface area contributed by atoms with Gasteiger partial charge in [0, 0.05) is 56.8 Å². The SMILES string of the molecule is N#CCCN1CCN(C(=N)CC(N)=Nc2cc(C3CC3)[nH]n2)CC1. The minimum Gasteiger partial charge on any atom is -0.387 e. The monoisotopic (exact) mass is 328 g/mol. The van der Waals surface area contributed by atoms with Crippen LogP contribution in [0.25, 0.3) is 0 Å². The summed E-state index contributed by atoms with van der Waals surface area (Å²) in [4.78, 5) is 8.61. The van der Waals surface area contributed by atoms with Crippen LogP contribution in [0, 0.1) is 16.7 Å². The molecule has 128 valence electrons. The lowest BCUT2D eigenvalue weighted by Gasteiger charge is -2.35. The Labute approximate surface area is 141 Å². The van der Waals surface area contributed by atoms with Gasteiger partial charge in [0.2, 0.25) is 0 Å². The molecule has 1 aromatic rings. The summed E-state index contributed by atoms with van der Waals surface area (Å²) in [5, 5.41) is 24.0. The maximum atomic E-state index is 8.64. The Kier molecular flexibility index (Phi) is 5.11. The topological polar surface area (TPSA) is 121 Å². The van der Waals surface area contributed by atoms with E-state index in [2.05, 4.69) is 26.2 Å². The van der Waals surface area contributed by atoms with E-state index in [1.165, 1.54) is 12.8 Å². The summed E-state index contributed by atoms with van der Waals surface area (Å²) >= 11 is 0. The third-order valence-corrected chi connectivity index (χ3v) is 4.50. The van der Waals surface area contributed by atoms with E-state index in [9.17, 15) is 0 Å². The first kappa shape index (κ1) is 16.5. The first-order valence-corrected chi connectivity index (χ1v) is 8.45. The van der Waals surface area contributed by atoms with E-state index in [0.29, 0.717) is 36.2 Å². The summed E-state index contributed by atoms with van der Waals surface area (Å²) in [6.07, 6.45) is 3.32. The number of amidine groups is 2. The zero-order valence-corrected chi connectivity index (χ0v) is 13.8. The molecule has 0 atom stereocenters. The molecule has 24 heavy (non-hydrogen) atoms. The fourth-order valence-electron chi connectivity index (χ4n) is 2.91. The van der Waals surface area contributed by atoms with Crippen molar-refractivity contribution in [3.8, 4) is 6.07 Å². The lowest BCUT2D eigenvalue weighted by Crippen LogP contribution is -2.49. The molecule has 1 aliphatic heterocycles. The Bertz CT molecular complexity index is 643. The van der Waals surface area contributed by atoms with Crippen LogP contribution in [-0.2, 0) is 0 Å². The van der Waals surface area contributed by atoms with Crippen molar-refractivity contribution in [1.82, 2.24) is 20.0 Å². The summed E-state index contributed by atoms with van der Waals surface area (Å²) in [5.41, 5.74) is 7.12. The minimum atomic E-state index is 0.337. The smallest absolute Gasteiger partial charge is 0.175 e. The number of nitrogens with two attached hydrogens (primary N) is 1. The maximum Gasteiger partial charge on any atom is 0.175 e. The molecule has 8 heteroatoms. The summed E-state index contributed by atoms with van der Waals surface area (Å²) in [6, 6.07) is 4.12. The second-order valence-corrected chi connectivity index (χ2v) is 6.42. The Morgan fingerprint density at radius 2 is 2.17 bits per heavy atom. The lowest BCUT2D eigenvalue weighted by molar-refractivity contribution is 0.184. The lowest BCUT2D eigenvalue weighted by atomic mass is 10.2. The molecule has 3 rings (SSSR count). The third kappa shape index (κ3) is 4.32. The van der Waals surface area contributed by atoms with Gasteiger partial charge in [0.1, 0.15) is 11.7 Å². The van der Waals surface area contributed by atoms with E-state index < -0.39 is 0 Å². The molecule has 1 saturated heterocycles. The van der Waals surface area contributed by atoms with E-state index in [4.69, 9.17) is 16.4 Å². The van der Waals surface area contributed by atoms with Crippen molar-refractivity contribution >= 4 is 17.5 Å². The van der Waals surface area contributed by atoms with Crippen molar-refractivity contribution < 1.29 is 0 Å². The number of rotatable bonds is 6. The van der Waals surface area contributed by atoms with Crippen LogP contribution in [0.15, 0.2) is 11.1 Å². The van der Waals surface area contributed by atoms with Gasteiger partial charge in [-0.15, -0.1) is 0 Å². The number of hydrogen-bond acceptors (Lipinski definition) is 5. The van der Waals surface area contributed by atoms with Crippen molar-refractivity contribution in [2.45, 2.75) is 31.6 Å². The van der Waals surface area contributed by atoms with Gasteiger partial charge in [-0.25, -0.2) is 4.99 Å². The molecule has 4 N–H and O–H groups in total. The van der Waals surface area contributed by atoms with E-state index in [1.807, 2.05) is 11.0 Å². The van der Waals surface area contributed by atoms with Gasteiger partial charge >= 0.3 is 0 Å². The molecule has 0 radical (unpaired) electrons. The summed E-state index contributed by atoms with van der Waals surface area (Å²) in [6.45, 7) is 4.16. The second-order valence-electron chi connectivity index (χ2n) is 6.42. The molecule has 0 bridgehead atoms. The summed E-state index contributed by atoms with van der Waals surface area (Å²) in [5.74, 6) is 2.12. The maximum absolute atomic E-state index is 8.64. The zero-order chi connectivity index (χ0) is 16.9. The highest BCUT2D eigenvalue weighted by atomic mass is 15.3. The van der Waals surface area contributed by atoms with E-state index in [0.717, 1.165) is 38.4 Å². The number of aromatic amines is 1. The quantitative estimate of drug-likeness (QED) is 0.534. The van der Waals surface area contributed by atoms with Crippen LogP contribution in [0.2, 0.25) is 0 Å². The average Bonchev–Trinajstić information content (AvgIpc) is 3.33. The molecule has 1 aromatic heterocycles. The fourth-order valence-corrected chi connectivity index (χ4v) is 2.91. The Hall–Kier alpha value is -2.40. The highest BCUT2D eigenvalue weighted by Crippen LogP contribution is 2.39. The van der Waals surface area contributed by atoms with E-state index >= 15 is 0 Å². The van der Waals surface area contributed by atoms with Crippen LogP contribution < -0.4 is 5.73 Å². The van der Waals surface area contributed by atoms with Crippen molar-refractivity contribution in [1.29, 1.82) is 10.7 Å². The molecule has 0 aromatic carbocycles. The minimum absolute atomic E-state index is 0.337. The predicted octanol–water partition coefficient (Wildman–Crippen LogP) is 1.17. The fraction of sp³-hybridized carbons (Fsp3) is 0.625. The number of aromatic nitrogens is 2. The summed E-state index contributed by atoms with van der Waals surface area (Å²) in [7, 11) is 0. The molecule has 2 heterocycles. The van der Waals surface area contributed by atoms with Crippen molar-refractivity contribution in [2.75, 3.05) is 32.7 Å². The van der Waals surface area contributed by atoms with E-state index in [-0.39, 0.29) is 0 Å². The highest BCUT2D eigenvalue weighted by Gasteiger charge is 2.25.